The standard InChI is InChI=1S/C25H24N10O/c1-13-17(10-31-24-14(9-26)2-4-29-23(13)24)19-6-15-7-20(30-11-18(15)25(27)32-19)33-21-8-16-3-5-28-22(36)12-35(16)34-21/h6-8,10-11,14,29H,2-5,12H2,1H3,(H2,27,32)(H,28,36)(H,30,33,34). The summed E-state index contributed by atoms with van der Waals surface area (Å²) >= 11 is 0. The number of nitrogens with two attached hydrogens (primary N) is 1. The van der Waals surface area contributed by atoms with Crippen LogP contribution in [0.15, 0.2) is 30.6 Å². The molecular formula is C25H24N10O. The number of anilines is 4. The van der Waals surface area contributed by atoms with Crippen molar-refractivity contribution in [1.82, 2.24) is 30.0 Å². The number of hydrogen-bond donors (Lipinski definition) is 4. The molecule has 6 heterocycles. The van der Waals surface area contributed by atoms with E-state index in [1.165, 1.54) is 0 Å². The van der Waals surface area contributed by atoms with Crippen molar-refractivity contribution in [2.75, 3.05) is 29.5 Å². The predicted octanol–water partition coefficient (Wildman–Crippen LogP) is 2.62. The number of hydrogen-bond acceptors (Lipinski definition) is 9. The Balaban J connectivity index is 1.35. The summed E-state index contributed by atoms with van der Waals surface area (Å²) in [5.74, 6) is 1.35. The summed E-state index contributed by atoms with van der Waals surface area (Å²) in [6.45, 7) is 3.53. The number of rotatable bonds is 3. The number of aromatic nitrogens is 5. The van der Waals surface area contributed by atoms with Gasteiger partial charge in [-0.3, -0.25) is 14.5 Å². The summed E-state index contributed by atoms with van der Waals surface area (Å²) in [7, 11) is 0. The quantitative estimate of drug-likeness (QED) is 0.346. The highest BCUT2D eigenvalue weighted by Gasteiger charge is 2.24. The number of nitrogens with one attached hydrogen (secondary N) is 3. The molecule has 6 rings (SSSR count). The SMILES string of the molecule is Cc1c(-c2cc3cc(Nc4cc5n(n4)CC(=O)NCC5)ncc3c(N)n2)cnc2c1NCCC2C#N. The lowest BCUT2D eigenvalue weighted by molar-refractivity contribution is -0.121. The maximum absolute atomic E-state index is 11.8. The van der Waals surface area contributed by atoms with Gasteiger partial charge in [0.15, 0.2) is 5.82 Å². The molecule has 11 nitrogen and oxygen atoms in total. The van der Waals surface area contributed by atoms with E-state index in [0.29, 0.717) is 29.7 Å². The van der Waals surface area contributed by atoms with E-state index in [0.717, 1.165) is 58.4 Å². The van der Waals surface area contributed by atoms with E-state index in [2.05, 4.69) is 42.1 Å². The van der Waals surface area contributed by atoms with E-state index < -0.39 is 0 Å². The molecule has 1 unspecified atom stereocenters. The molecule has 0 bridgehead atoms. The summed E-state index contributed by atoms with van der Waals surface area (Å²) in [5.41, 5.74) is 11.5. The average molecular weight is 481 g/mol. The van der Waals surface area contributed by atoms with Crippen LogP contribution in [-0.2, 0) is 17.8 Å². The van der Waals surface area contributed by atoms with E-state index >= 15 is 0 Å². The Kier molecular flexibility index (Phi) is 5.14. The minimum atomic E-state index is -0.212. The van der Waals surface area contributed by atoms with Crippen LogP contribution in [0.1, 0.15) is 29.3 Å². The van der Waals surface area contributed by atoms with Crippen LogP contribution in [0.3, 0.4) is 0 Å². The van der Waals surface area contributed by atoms with Crippen LogP contribution in [0.2, 0.25) is 0 Å². The van der Waals surface area contributed by atoms with Crippen LogP contribution in [0.4, 0.5) is 23.1 Å². The Morgan fingerprint density at radius 1 is 1.17 bits per heavy atom. The first-order chi connectivity index (χ1) is 17.5. The lowest BCUT2D eigenvalue weighted by atomic mass is 9.93. The number of nitrogen functional groups attached to an aromatic ring is 1. The molecule has 4 aromatic rings. The number of fused-ring (bicyclic) bond motifs is 3. The molecule has 0 saturated heterocycles. The zero-order valence-electron chi connectivity index (χ0n) is 19.7. The second-order valence-electron chi connectivity index (χ2n) is 9.04. The molecule has 0 aromatic carbocycles. The molecule has 180 valence electrons. The third-order valence-corrected chi connectivity index (χ3v) is 6.73. The molecule has 2 aliphatic rings. The lowest BCUT2D eigenvalue weighted by Crippen LogP contribution is -2.25. The van der Waals surface area contributed by atoms with Crippen LogP contribution in [0, 0.1) is 18.3 Å². The van der Waals surface area contributed by atoms with Gasteiger partial charge < -0.3 is 21.7 Å². The number of amides is 1. The molecule has 1 atom stereocenters. The van der Waals surface area contributed by atoms with Crippen LogP contribution in [0.5, 0.6) is 0 Å². The minimum absolute atomic E-state index is 0.0481. The molecule has 0 saturated carbocycles. The second kappa shape index (κ2) is 8.49. The fourth-order valence-electron chi connectivity index (χ4n) is 4.86. The van der Waals surface area contributed by atoms with Crippen molar-refractivity contribution < 1.29 is 4.79 Å². The van der Waals surface area contributed by atoms with Crippen LogP contribution in [0.25, 0.3) is 22.0 Å². The van der Waals surface area contributed by atoms with Crippen molar-refractivity contribution in [1.29, 1.82) is 5.26 Å². The minimum Gasteiger partial charge on any atom is -0.383 e. The van der Waals surface area contributed by atoms with E-state index in [9.17, 15) is 10.1 Å². The maximum atomic E-state index is 11.8. The van der Waals surface area contributed by atoms with E-state index in [1.807, 2.05) is 25.1 Å². The number of nitriles is 1. The van der Waals surface area contributed by atoms with Gasteiger partial charge in [0.25, 0.3) is 0 Å². The topological polar surface area (TPSA) is 159 Å². The Morgan fingerprint density at radius 3 is 2.92 bits per heavy atom. The summed E-state index contributed by atoms with van der Waals surface area (Å²) in [5, 5.41) is 25.1. The summed E-state index contributed by atoms with van der Waals surface area (Å²) in [6, 6.07) is 8.15. The molecule has 1 amide bonds. The molecule has 4 aromatic heterocycles. The third kappa shape index (κ3) is 3.73. The molecule has 0 spiro atoms. The van der Waals surface area contributed by atoms with Crippen molar-refractivity contribution in [3.63, 3.8) is 0 Å². The molecule has 5 N–H and O–H groups in total. The zero-order valence-corrected chi connectivity index (χ0v) is 19.7. The van der Waals surface area contributed by atoms with E-state index in [-0.39, 0.29) is 18.4 Å². The van der Waals surface area contributed by atoms with E-state index in [1.54, 1.807) is 17.1 Å². The lowest BCUT2D eigenvalue weighted by Gasteiger charge is -2.24. The van der Waals surface area contributed by atoms with Crippen molar-refractivity contribution in [3.05, 3.63) is 47.5 Å². The van der Waals surface area contributed by atoms with Crippen LogP contribution >= 0.6 is 0 Å². The number of nitrogens with zero attached hydrogens (tertiary/aromatic N) is 6. The molecule has 11 heteroatoms. The van der Waals surface area contributed by atoms with Gasteiger partial charge in [-0.05, 0) is 36.4 Å². The van der Waals surface area contributed by atoms with Crippen molar-refractivity contribution in [2.45, 2.75) is 32.2 Å². The van der Waals surface area contributed by atoms with Gasteiger partial charge in [-0.1, -0.05) is 0 Å². The van der Waals surface area contributed by atoms with Crippen LogP contribution < -0.4 is 21.7 Å². The van der Waals surface area contributed by atoms with Gasteiger partial charge in [-0.25, -0.2) is 9.97 Å². The largest absolute Gasteiger partial charge is 0.383 e. The zero-order chi connectivity index (χ0) is 24.8. The van der Waals surface area contributed by atoms with E-state index in [4.69, 9.17) is 5.73 Å². The Bertz CT molecular complexity index is 1570. The molecule has 0 fully saturated rings. The Labute approximate surface area is 206 Å². The first-order valence-electron chi connectivity index (χ1n) is 11.8. The van der Waals surface area contributed by atoms with Gasteiger partial charge in [0, 0.05) is 54.6 Å². The average Bonchev–Trinajstić information content (AvgIpc) is 3.14. The normalized spacial score (nSPS) is 16.8. The molecular weight excluding hydrogens is 456 g/mol. The molecule has 2 aliphatic heterocycles. The first-order valence-corrected chi connectivity index (χ1v) is 11.8. The summed E-state index contributed by atoms with van der Waals surface area (Å²) in [6.07, 6.45) is 4.92. The number of carbonyl (C=O) groups is 1. The Morgan fingerprint density at radius 2 is 2.06 bits per heavy atom. The van der Waals surface area contributed by atoms with Gasteiger partial charge in [0.2, 0.25) is 5.91 Å². The highest BCUT2D eigenvalue weighted by atomic mass is 16.2. The highest BCUT2D eigenvalue weighted by Crippen LogP contribution is 2.37. The summed E-state index contributed by atoms with van der Waals surface area (Å²) < 4.78 is 1.71. The van der Waals surface area contributed by atoms with Crippen molar-refractivity contribution >= 4 is 39.8 Å². The van der Waals surface area contributed by atoms with Gasteiger partial charge in [-0.15, -0.1) is 0 Å². The van der Waals surface area contributed by atoms with Gasteiger partial charge >= 0.3 is 0 Å². The smallest absolute Gasteiger partial charge is 0.241 e. The van der Waals surface area contributed by atoms with Gasteiger partial charge in [0.05, 0.1) is 29.1 Å². The monoisotopic (exact) mass is 480 g/mol. The fraction of sp³-hybridized carbons (Fsp3) is 0.280. The predicted molar refractivity (Wildman–Crippen MR) is 136 cm³/mol. The van der Waals surface area contributed by atoms with Crippen molar-refractivity contribution in [2.24, 2.45) is 0 Å². The molecule has 36 heavy (non-hydrogen) atoms. The third-order valence-electron chi connectivity index (χ3n) is 6.73. The van der Waals surface area contributed by atoms with Gasteiger partial charge in [-0.2, -0.15) is 10.4 Å². The number of carbonyl (C=O) groups excluding carboxylic acids is 1. The van der Waals surface area contributed by atoms with Crippen molar-refractivity contribution in [3.8, 4) is 17.3 Å². The number of pyridine rings is 3. The fourth-order valence-corrected chi connectivity index (χ4v) is 4.86. The molecule has 0 aliphatic carbocycles. The highest BCUT2D eigenvalue weighted by molar-refractivity contribution is 5.95. The molecule has 0 radical (unpaired) electrons. The first kappa shape index (κ1) is 21.8. The maximum Gasteiger partial charge on any atom is 0.241 e. The summed E-state index contributed by atoms with van der Waals surface area (Å²) in [4.78, 5) is 25.5. The van der Waals surface area contributed by atoms with Crippen LogP contribution in [-0.4, -0.2) is 43.7 Å². The second-order valence-corrected chi connectivity index (χ2v) is 9.04. The Hall–Kier alpha value is -4.72. The van der Waals surface area contributed by atoms with Gasteiger partial charge in [0.1, 0.15) is 18.2 Å².